The molecular weight excluding hydrogens is 276 g/mol. The molecule has 5 nitrogen and oxygen atoms in total. The van der Waals surface area contributed by atoms with E-state index in [2.05, 4.69) is 39.8 Å². The Morgan fingerprint density at radius 2 is 1.82 bits per heavy atom. The van der Waals surface area contributed by atoms with Gasteiger partial charge in [0.15, 0.2) is 0 Å². The van der Waals surface area contributed by atoms with E-state index in [-0.39, 0.29) is 0 Å². The highest BCUT2D eigenvalue weighted by Gasteiger charge is 2.13. The average Bonchev–Trinajstić information content (AvgIpc) is 2.99. The largest absolute Gasteiger partial charge is 0.400 e. The summed E-state index contributed by atoms with van der Waals surface area (Å²) in [6, 6.07) is 8.53. The Kier molecular flexibility index (Phi) is 6.27. The van der Waals surface area contributed by atoms with Crippen molar-refractivity contribution < 1.29 is 5.11 Å². The van der Waals surface area contributed by atoms with Gasteiger partial charge in [-0.1, -0.05) is 18.2 Å². The number of nitrogens with one attached hydrogen (secondary N) is 2. The molecule has 4 rings (SSSR count). The van der Waals surface area contributed by atoms with Crippen LogP contribution in [0.5, 0.6) is 0 Å². The van der Waals surface area contributed by atoms with Crippen LogP contribution in [-0.4, -0.2) is 29.0 Å². The molecule has 120 valence electrons. The van der Waals surface area contributed by atoms with E-state index in [1.165, 1.54) is 48.2 Å². The summed E-state index contributed by atoms with van der Waals surface area (Å²) < 4.78 is 0. The van der Waals surface area contributed by atoms with Gasteiger partial charge in [0.1, 0.15) is 5.82 Å². The summed E-state index contributed by atoms with van der Waals surface area (Å²) in [5, 5.41) is 17.3. The van der Waals surface area contributed by atoms with Crippen LogP contribution in [0.2, 0.25) is 0 Å². The Bertz CT molecular complexity index is 555. The van der Waals surface area contributed by atoms with Crippen LogP contribution in [0, 0.1) is 0 Å². The topological polar surface area (TPSA) is 87.0 Å². The van der Waals surface area contributed by atoms with Crippen molar-refractivity contribution in [1.82, 2.24) is 10.2 Å². The van der Waals surface area contributed by atoms with Gasteiger partial charge in [-0.15, -0.1) is 0 Å². The van der Waals surface area contributed by atoms with E-state index >= 15 is 0 Å². The number of aromatic amines is 1. The van der Waals surface area contributed by atoms with Crippen molar-refractivity contribution >= 4 is 11.5 Å². The number of aryl methyl sites for hydroxylation is 2. The van der Waals surface area contributed by atoms with Gasteiger partial charge in [-0.3, -0.25) is 5.10 Å². The molecule has 1 aliphatic carbocycles. The number of fused-ring (bicyclic) bond motifs is 2. The van der Waals surface area contributed by atoms with Gasteiger partial charge in [-0.25, -0.2) is 0 Å². The molecule has 2 aromatic rings. The van der Waals surface area contributed by atoms with E-state index in [9.17, 15) is 0 Å². The first-order valence-corrected chi connectivity index (χ1v) is 7.92. The number of hydrogen-bond acceptors (Lipinski definition) is 4. The molecule has 2 aliphatic rings. The van der Waals surface area contributed by atoms with Gasteiger partial charge >= 0.3 is 0 Å². The highest BCUT2D eigenvalue weighted by Crippen LogP contribution is 2.22. The highest BCUT2D eigenvalue weighted by atomic mass is 16.2. The fourth-order valence-corrected chi connectivity index (χ4v) is 2.92. The number of rotatable bonds is 0. The molecule has 1 aliphatic heterocycles. The summed E-state index contributed by atoms with van der Waals surface area (Å²) in [7, 11) is 1.00. The number of anilines is 2. The Hall–Kier alpha value is -2.01. The number of hydrogen-bond donors (Lipinski definition) is 4. The van der Waals surface area contributed by atoms with Crippen LogP contribution in [-0.2, 0) is 19.3 Å². The second-order valence-corrected chi connectivity index (χ2v) is 5.46. The van der Waals surface area contributed by atoms with E-state index in [4.69, 9.17) is 10.8 Å². The number of aromatic nitrogens is 2. The van der Waals surface area contributed by atoms with Gasteiger partial charge in [0.2, 0.25) is 0 Å². The van der Waals surface area contributed by atoms with E-state index in [0.29, 0.717) is 5.82 Å². The number of H-pyrrole nitrogens is 1. The van der Waals surface area contributed by atoms with Crippen molar-refractivity contribution in [2.75, 3.05) is 24.7 Å². The molecule has 22 heavy (non-hydrogen) atoms. The maximum absolute atomic E-state index is 7.00. The van der Waals surface area contributed by atoms with E-state index in [1.807, 2.05) is 0 Å². The zero-order valence-corrected chi connectivity index (χ0v) is 13.2. The zero-order chi connectivity index (χ0) is 15.8. The second-order valence-electron chi connectivity index (χ2n) is 5.46. The van der Waals surface area contributed by atoms with Crippen molar-refractivity contribution in [1.29, 1.82) is 0 Å². The SMILES string of the molecule is CO.Nc1n[nH]c2c1CCCC2.c1ccc2c(c1)CCCN2. The fraction of sp³-hybridized carbons (Fsp3) is 0.471. The molecular formula is C17H26N4O. The Labute approximate surface area is 131 Å². The molecule has 0 radical (unpaired) electrons. The molecule has 0 amide bonds. The lowest BCUT2D eigenvalue weighted by atomic mass is 9.98. The lowest BCUT2D eigenvalue weighted by molar-refractivity contribution is 0.399. The number of benzene rings is 1. The van der Waals surface area contributed by atoms with E-state index < -0.39 is 0 Å². The Balaban J connectivity index is 0.000000144. The molecule has 2 heterocycles. The molecule has 1 aromatic heterocycles. The lowest BCUT2D eigenvalue weighted by Crippen LogP contribution is -2.10. The molecule has 0 atom stereocenters. The summed E-state index contributed by atoms with van der Waals surface area (Å²) in [6.45, 7) is 1.14. The summed E-state index contributed by atoms with van der Waals surface area (Å²) in [4.78, 5) is 0. The third-order valence-electron chi connectivity index (χ3n) is 4.04. The standard InChI is InChI=1S/C9H11N.C7H11N3.CH4O/c1-2-6-9-8(4-1)5-3-7-10-9;8-7-5-3-1-2-4-6(5)9-10-7;1-2/h1-2,4,6,10H,3,5,7H2;1-4H2,(H3,8,9,10);2H,1H3. The van der Waals surface area contributed by atoms with Crippen molar-refractivity contribution in [3.8, 4) is 0 Å². The van der Waals surface area contributed by atoms with E-state index in [1.54, 1.807) is 0 Å². The smallest absolute Gasteiger partial charge is 0.148 e. The molecule has 0 unspecified atom stereocenters. The Morgan fingerprint density at radius 3 is 2.59 bits per heavy atom. The minimum Gasteiger partial charge on any atom is -0.400 e. The van der Waals surface area contributed by atoms with Crippen LogP contribution in [0.3, 0.4) is 0 Å². The van der Waals surface area contributed by atoms with Crippen molar-refractivity contribution in [3.63, 3.8) is 0 Å². The first kappa shape index (κ1) is 16.4. The quantitative estimate of drug-likeness (QED) is 0.602. The predicted octanol–water partition coefficient (Wildman–Crippen LogP) is 2.52. The number of aliphatic hydroxyl groups excluding tert-OH is 1. The third-order valence-corrected chi connectivity index (χ3v) is 4.04. The molecule has 0 saturated heterocycles. The third kappa shape index (κ3) is 4.01. The fourth-order valence-electron chi connectivity index (χ4n) is 2.92. The summed E-state index contributed by atoms with van der Waals surface area (Å²) >= 11 is 0. The molecule has 0 saturated carbocycles. The van der Waals surface area contributed by atoms with Crippen LogP contribution in [0.25, 0.3) is 0 Å². The maximum Gasteiger partial charge on any atom is 0.148 e. The highest BCUT2D eigenvalue weighted by molar-refractivity contribution is 5.52. The number of nitrogens with zero attached hydrogens (tertiary/aromatic N) is 1. The number of nitrogen functional groups attached to an aromatic ring is 1. The lowest BCUT2D eigenvalue weighted by Gasteiger charge is -2.16. The van der Waals surface area contributed by atoms with Crippen LogP contribution in [0.4, 0.5) is 11.5 Å². The molecule has 5 N–H and O–H groups in total. The number of aliphatic hydroxyl groups is 1. The second kappa shape index (κ2) is 8.44. The Morgan fingerprint density at radius 1 is 1.05 bits per heavy atom. The van der Waals surface area contributed by atoms with Gasteiger partial charge in [0.05, 0.1) is 0 Å². The first-order valence-electron chi connectivity index (χ1n) is 7.92. The van der Waals surface area contributed by atoms with Gasteiger partial charge < -0.3 is 16.2 Å². The predicted molar refractivity (Wildman–Crippen MR) is 91.0 cm³/mol. The number of nitrogens with two attached hydrogens (primary N) is 1. The van der Waals surface area contributed by atoms with Crippen LogP contribution in [0.1, 0.15) is 36.1 Å². The van der Waals surface area contributed by atoms with Gasteiger partial charge in [0, 0.05) is 30.6 Å². The minimum absolute atomic E-state index is 0.703. The molecule has 1 aromatic carbocycles. The monoisotopic (exact) mass is 302 g/mol. The normalized spacial score (nSPS) is 15.0. The minimum atomic E-state index is 0.703. The summed E-state index contributed by atoms with van der Waals surface area (Å²) in [5.41, 5.74) is 10.9. The number of para-hydroxylation sites is 1. The van der Waals surface area contributed by atoms with Gasteiger partial charge in [-0.2, -0.15) is 5.10 Å². The van der Waals surface area contributed by atoms with Gasteiger partial charge in [0.25, 0.3) is 0 Å². The van der Waals surface area contributed by atoms with Crippen molar-refractivity contribution in [3.05, 3.63) is 41.1 Å². The van der Waals surface area contributed by atoms with Crippen molar-refractivity contribution in [2.45, 2.75) is 38.5 Å². The molecule has 5 heteroatoms. The van der Waals surface area contributed by atoms with Crippen molar-refractivity contribution in [2.24, 2.45) is 0 Å². The summed E-state index contributed by atoms with van der Waals surface area (Å²) in [6.07, 6.45) is 7.28. The van der Waals surface area contributed by atoms with Crippen LogP contribution < -0.4 is 11.1 Å². The molecule has 0 fully saturated rings. The average molecular weight is 302 g/mol. The maximum atomic E-state index is 7.00. The molecule has 0 bridgehead atoms. The van der Waals surface area contributed by atoms with E-state index in [0.717, 1.165) is 26.5 Å². The summed E-state index contributed by atoms with van der Waals surface area (Å²) in [5.74, 6) is 0.703. The van der Waals surface area contributed by atoms with Crippen LogP contribution >= 0.6 is 0 Å². The van der Waals surface area contributed by atoms with Gasteiger partial charge in [-0.05, 0) is 50.2 Å². The van der Waals surface area contributed by atoms with Crippen LogP contribution in [0.15, 0.2) is 24.3 Å². The molecule has 0 spiro atoms. The zero-order valence-electron chi connectivity index (χ0n) is 13.2. The first-order chi connectivity index (χ1) is 10.8.